The molecular formula is C11H13ClO2. The minimum absolute atomic E-state index is 0.602. The number of aryl methyl sites for hydroxylation is 1. The van der Waals surface area contributed by atoms with Crippen LogP contribution in [0, 0.1) is 6.92 Å². The third kappa shape index (κ3) is 1.39. The van der Waals surface area contributed by atoms with Gasteiger partial charge in [0.1, 0.15) is 5.75 Å². The smallest absolute Gasteiger partial charge is 0.143 e. The molecule has 0 bridgehead atoms. The first-order valence-electron chi connectivity index (χ1n) is 4.64. The maximum absolute atomic E-state index is 9.99. The predicted molar refractivity (Wildman–Crippen MR) is 55.9 cm³/mol. The van der Waals surface area contributed by atoms with Gasteiger partial charge in [0.2, 0.25) is 0 Å². The van der Waals surface area contributed by atoms with Gasteiger partial charge in [0.05, 0.1) is 17.7 Å². The van der Waals surface area contributed by atoms with Crippen molar-refractivity contribution in [1.29, 1.82) is 0 Å². The van der Waals surface area contributed by atoms with E-state index in [1.165, 1.54) is 0 Å². The Hall–Kier alpha value is -0.730. The number of rotatable bonds is 2. The van der Waals surface area contributed by atoms with Crippen LogP contribution in [0.15, 0.2) is 12.1 Å². The fraction of sp³-hybridized carbons (Fsp3) is 0.455. The maximum Gasteiger partial charge on any atom is 0.143 e. The van der Waals surface area contributed by atoms with E-state index in [0.717, 1.165) is 24.0 Å². The molecule has 3 heteroatoms. The molecule has 1 aromatic rings. The Labute approximate surface area is 88.5 Å². The van der Waals surface area contributed by atoms with Crippen LogP contribution in [0.25, 0.3) is 0 Å². The molecule has 0 saturated heterocycles. The molecule has 1 aromatic carbocycles. The van der Waals surface area contributed by atoms with Crippen molar-refractivity contribution in [2.24, 2.45) is 0 Å². The fourth-order valence-electron chi connectivity index (χ4n) is 1.61. The second kappa shape index (κ2) is 3.14. The Balaban J connectivity index is 2.55. The fourth-order valence-corrected chi connectivity index (χ4v) is 1.85. The first-order valence-corrected chi connectivity index (χ1v) is 5.02. The van der Waals surface area contributed by atoms with Crippen molar-refractivity contribution in [2.75, 3.05) is 7.11 Å². The largest absolute Gasteiger partial charge is 0.495 e. The number of hydrogen-bond donors (Lipinski definition) is 1. The molecule has 14 heavy (non-hydrogen) atoms. The standard InChI is InChI=1S/C11H13ClO2/c1-7-3-4-8(11(13)5-6-11)10(14-2)9(7)12/h3-4,13H,5-6H2,1-2H3. The van der Waals surface area contributed by atoms with E-state index < -0.39 is 5.60 Å². The molecule has 0 heterocycles. The minimum atomic E-state index is -0.692. The lowest BCUT2D eigenvalue weighted by Gasteiger charge is -2.15. The van der Waals surface area contributed by atoms with E-state index in [1.54, 1.807) is 7.11 Å². The number of benzene rings is 1. The highest BCUT2D eigenvalue weighted by Crippen LogP contribution is 2.50. The van der Waals surface area contributed by atoms with E-state index in [2.05, 4.69) is 0 Å². The first kappa shape index (κ1) is 9.81. The van der Waals surface area contributed by atoms with E-state index in [0.29, 0.717) is 10.8 Å². The quantitative estimate of drug-likeness (QED) is 0.817. The van der Waals surface area contributed by atoms with Crippen molar-refractivity contribution in [3.05, 3.63) is 28.3 Å². The molecule has 2 rings (SSSR count). The van der Waals surface area contributed by atoms with Gasteiger partial charge in [-0.25, -0.2) is 0 Å². The van der Waals surface area contributed by atoms with Crippen LogP contribution < -0.4 is 4.74 Å². The summed E-state index contributed by atoms with van der Waals surface area (Å²) in [7, 11) is 1.58. The molecule has 0 unspecified atom stereocenters. The van der Waals surface area contributed by atoms with Crippen LogP contribution in [0.3, 0.4) is 0 Å². The molecule has 1 fully saturated rings. The van der Waals surface area contributed by atoms with Crippen molar-refractivity contribution in [3.63, 3.8) is 0 Å². The van der Waals surface area contributed by atoms with Crippen LogP contribution in [0.4, 0.5) is 0 Å². The summed E-state index contributed by atoms with van der Waals surface area (Å²) < 4.78 is 5.23. The molecule has 76 valence electrons. The lowest BCUT2D eigenvalue weighted by atomic mass is 10.0. The molecule has 1 aliphatic carbocycles. The molecule has 0 radical (unpaired) electrons. The molecule has 0 atom stereocenters. The second-order valence-electron chi connectivity index (χ2n) is 3.81. The van der Waals surface area contributed by atoms with Crippen LogP contribution in [0.2, 0.25) is 5.02 Å². The number of halogens is 1. The Morgan fingerprint density at radius 2 is 2.07 bits per heavy atom. The normalized spacial score (nSPS) is 18.0. The van der Waals surface area contributed by atoms with Gasteiger partial charge in [0, 0.05) is 5.56 Å². The monoisotopic (exact) mass is 212 g/mol. The molecule has 2 nitrogen and oxygen atoms in total. The molecular weight excluding hydrogens is 200 g/mol. The lowest BCUT2D eigenvalue weighted by Crippen LogP contribution is -2.07. The summed E-state index contributed by atoms with van der Waals surface area (Å²) in [6.07, 6.45) is 1.59. The summed E-state index contributed by atoms with van der Waals surface area (Å²) in [5.41, 5.74) is 1.09. The van der Waals surface area contributed by atoms with Gasteiger partial charge in [-0.15, -0.1) is 0 Å². The maximum atomic E-state index is 9.99. The zero-order chi connectivity index (χ0) is 10.3. The lowest BCUT2D eigenvalue weighted by molar-refractivity contribution is 0.147. The summed E-state index contributed by atoms with van der Waals surface area (Å²) in [4.78, 5) is 0. The van der Waals surface area contributed by atoms with E-state index >= 15 is 0 Å². The molecule has 0 spiro atoms. The Bertz CT molecular complexity index is 370. The molecule has 0 amide bonds. The summed E-state index contributed by atoms with van der Waals surface area (Å²) >= 11 is 6.10. The number of hydrogen-bond acceptors (Lipinski definition) is 2. The van der Waals surface area contributed by atoms with Gasteiger partial charge >= 0.3 is 0 Å². The van der Waals surface area contributed by atoms with Gasteiger partial charge in [0.15, 0.2) is 0 Å². The van der Waals surface area contributed by atoms with Crippen molar-refractivity contribution in [2.45, 2.75) is 25.4 Å². The molecule has 0 aliphatic heterocycles. The molecule has 1 saturated carbocycles. The third-order valence-corrected chi connectivity index (χ3v) is 3.19. The molecule has 1 N–H and O–H groups in total. The van der Waals surface area contributed by atoms with Gasteiger partial charge in [0.25, 0.3) is 0 Å². The van der Waals surface area contributed by atoms with E-state index in [9.17, 15) is 5.11 Å². The van der Waals surface area contributed by atoms with Crippen LogP contribution >= 0.6 is 11.6 Å². The molecule has 0 aromatic heterocycles. The van der Waals surface area contributed by atoms with Gasteiger partial charge < -0.3 is 9.84 Å². The Kier molecular flexibility index (Phi) is 2.20. The zero-order valence-electron chi connectivity index (χ0n) is 8.30. The number of methoxy groups -OCH3 is 1. The zero-order valence-corrected chi connectivity index (χ0v) is 9.06. The SMILES string of the molecule is COc1c(C2(O)CC2)ccc(C)c1Cl. The van der Waals surface area contributed by atoms with Crippen LogP contribution in [0.5, 0.6) is 5.75 Å². The first-order chi connectivity index (χ1) is 6.58. The van der Waals surface area contributed by atoms with Crippen LogP contribution in [0.1, 0.15) is 24.0 Å². The average molecular weight is 213 g/mol. The highest BCUT2D eigenvalue weighted by Gasteiger charge is 2.44. The van der Waals surface area contributed by atoms with E-state index in [-0.39, 0.29) is 0 Å². The van der Waals surface area contributed by atoms with Crippen molar-refractivity contribution < 1.29 is 9.84 Å². The topological polar surface area (TPSA) is 29.5 Å². The average Bonchev–Trinajstić information content (AvgIpc) is 2.89. The summed E-state index contributed by atoms with van der Waals surface area (Å²) in [5.74, 6) is 0.617. The minimum Gasteiger partial charge on any atom is -0.495 e. The summed E-state index contributed by atoms with van der Waals surface area (Å²) in [6, 6.07) is 3.81. The highest BCUT2D eigenvalue weighted by molar-refractivity contribution is 6.33. The van der Waals surface area contributed by atoms with Crippen molar-refractivity contribution in [1.82, 2.24) is 0 Å². The van der Waals surface area contributed by atoms with Crippen molar-refractivity contribution in [3.8, 4) is 5.75 Å². The summed E-state index contributed by atoms with van der Waals surface area (Å²) in [6.45, 7) is 1.92. The number of ether oxygens (including phenoxy) is 1. The Morgan fingerprint density at radius 1 is 1.43 bits per heavy atom. The van der Waals surface area contributed by atoms with Gasteiger partial charge in [-0.2, -0.15) is 0 Å². The Morgan fingerprint density at radius 3 is 2.57 bits per heavy atom. The highest BCUT2D eigenvalue weighted by atomic mass is 35.5. The van der Waals surface area contributed by atoms with Crippen LogP contribution in [-0.2, 0) is 5.60 Å². The second-order valence-corrected chi connectivity index (χ2v) is 4.19. The van der Waals surface area contributed by atoms with Gasteiger partial charge in [-0.05, 0) is 25.3 Å². The van der Waals surface area contributed by atoms with Gasteiger partial charge in [-0.3, -0.25) is 0 Å². The third-order valence-electron chi connectivity index (χ3n) is 2.72. The molecule has 1 aliphatic rings. The van der Waals surface area contributed by atoms with Gasteiger partial charge in [-0.1, -0.05) is 23.7 Å². The number of aliphatic hydroxyl groups is 1. The van der Waals surface area contributed by atoms with E-state index in [4.69, 9.17) is 16.3 Å². The van der Waals surface area contributed by atoms with Crippen molar-refractivity contribution >= 4 is 11.6 Å². The summed E-state index contributed by atoms with van der Waals surface area (Å²) in [5, 5.41) is 10.6. The van der Waals surface area contributed by atoms with Crippen LogP contribution in [-0.4, -0.2) is 12.2 Å². The predicted octanol–water partition coefficient (Wildman–Crippen LogP) is 2.64. The van der Waals surface area contributed by atoms with E-state index in [1.807, 2.05) is 19.1 Å².